The fourth-order valence-corrected chi connectivity index (χ4v) is 2.83. The number of halogens is 3. The highest BCUT2D eigenvalue weighted by molar-refractivity contribution is 6.44. The first kappa shape index (κ1) is 19.9. The van der Waals surface area contributed by atoms with Crippen molar-refractivity contribution in [2.24, 2.45) is 0 Å². The number of hydrogen-bond acceptors (Lipinski definition) is 2. The number of nitrogens with one attached hydrogen (secondary N) is 1. The fraction of sp³-hybridized carbons (Fsp3) is 0.316. The second kappa shape index (κ2) is 9.91. The molecule has 1 N–H and O–H groups in total. The molecule has 0 spiro atoms. The van der Waals surface area contributed by atoms with Gasteiger partial charge in [0, 0.05) is 5.56 Å². The summed E-state index contributed by atoms with van der Waals surface area (Å²) >= 11 is 17.9. The molecule has 134 valence electrons. The molecule has 0 aliphatic heterocycles. The number of unbranched alkanes of at least 4 members (excludes halogenated alkanes) is 3. The Kier molecular flexibility index (Phi) is 7.89. The summed E-state index contributed by atoms with van der Waals surface area (Å²) in [4.78, 5) is 12.3. The molecular weight excluding hydrogens is 381 g/mol. The standard InChI is InChI=1S/C19H20Cl3NO2/c1-2-3-4-5-10-25-14-8-6-13(7-9-14)19(24)23-18-12-16(21)15(20)11-17(18)22/h6-9,11-12H,2-5,10H2,1H3,(H,23,24). The number of benzene rings is 2. The molecule has 0 radical (unpaired) electrons. The van der Waals surface area contributed by atoms with E-state index in [0.717, 1.165) is 12.2 Å². The quantitative estimate of drug-likeness (QED) is 0.388. The van der Waals surface area contributed by atoms with Crippen molar-refractivity contribution in [1.29, 1.82) is 0 Å². The van der Waals surface area contributed by atoms with Gasteiger partial charge in [-0.05, 0) is 42.8 Å². The molecule has 0 saturated heterocycles. The number of amides is 1. The van der Waals surface area contributed by atoms with E-state index in [-0.39, 0.29) is 5.91 Å². The van der Waals surface area contributed by atoms with Crippen LogP contribution in [0.15, 0.2) is 36.4 Å². The van der Waals surface area contributed by atoms with Gasteiger partial charge < -0.3 is 10.1 Å². The molecule has 0 bridgehead atoms. The molecule has 3 nitrogen and oxygen atoms in total. The molecule has 2 rings (SSSR count). The predicted molar refractivity (Wildman–Crippen MR) is 106 cm³/mol. The second-order valence-corrected chi connectivity index (χ2v) is 6.86. The van der Waals surface area contributed by atoms with Gasteiger partial charge in [0.2, 0.25) is 0 Å². The van der Waals surface area contributed by atoms with E-state index in [2.05, 4.69) is 12.2 Å². The molecule has 0 aromatic heterocycles. The molecule has 6 heteroatoms. The minimum absolute atomic E-state index is 0.283. The van der Waals surface area contributed by atoms with Gasteiger partial charge in [0.15, 0.2) is 0 Å². The fourth-order valence-electron chi connectivity index (χ4n) is 2.23. The molecule has 0 fully saturated rings. The van der Waals surface area contributed by atoms with Crippen molar-refractivity contribution in [1.82, 2.24) is 0 Å². The lowest BCUT2D eigenvalue weighted by Gasteiger charge is -2.10. The summed E-state index contributed by atoms with van der Waals surface area (Å²) in [5.41, 5.74) is 0.915. The maximum absolute atomic E-state index is 12.3. The van der Waals surface area contributed by atoms with Gasteiger partial charge in [-0.2, -0.15) is 0 Å². The third-order valence-corrected chi connectivity index (χ3v) is 4.68. The molecule has 0 atom stereocenters. The van der Waals surface area contributed by atoms with Crippen molar-refractivity contribution in [3.8, 4) is 5.75 Å². The Labute approximate surface area is 163 Å². The summed E-state index contributed by atoms with van der Waals surface area (Å²) in [6.45, 7) is 2.86. The first-order chi connectivity index (χ1) is 12.0. The maximum Gasteiger partial charge on any atom is 0.255 e. The van der Waals surface area contributed by atoms with Gasteiger partial charge >= 0.3 is 0 Å². The molecule has 2 aromatic rings. The number of carbonyl (C=O) groups excluding carboxylic acids is 1. The van der Waals surface area contributed by atoms with E-state index in [4.69, 9.17) is 39.5 Å². The lowest BCUT2D eigenvalue weighted by molar-refractivity contribution is 0.102. The Morgan fingerprint density at radius 1 is 0.960 bits per heavy atom. The zero-order valence-corrected chi connectivity index (χ0v) is 16.2. The minimum atomic E-state index is -0.283. The van der Waals surface area contributed by atoms with E-state index in [0.29, 0.717) is 32.9 Å². The summed E-state index contributed by atoms with van der Waals surface area (Å²) < 4.78 is 5.67. The van der Waals surface area contributed by atoms with Crippen molar-refractivity contribution >= 4 is 46.4 Å². The van der Waals surface area contributed by atoms with Crippen LogP contribution < -0.4 is 10.1 Å². The van der Waals surface area contributed by atoms with Crippen LogP contribution in [0.25, 0.3) is 0 Å². The Morgan fingerprint density at radius 2 is 1.64 bits per heavy atom. The predicted octanol–water partition coefficient (Wildman–Crippen LogP) is 6.86. The van der Waals surface area contributed by atoms with Crippen molar-refractivity contribution in [2.45, 2.75) is 32.6 Å². The normalized spacial score (nSPS) is 10.6. The summed E-state index contributed by atoms with van der Waals surface area (Å²) in [7, 11) is 0. The molecule has 0 unspecified atom stereocenters. The van der Waals surface area contributed by atoms with Gasteiger partial charge in [0.25, 0.3) is 5.91 Å². The highest BCUT2D eigenvalue weighted by Crippen LogP contribution is 2.32. The molecular formula is C19H20Cl3NO2. The van der Waals surface area contributed by atoms with Crippen molar-refractivity contribution in [3.05, 3.63) is 57.0 Å². The third kappa shape index (κ3) is 6.10. The molecule has 0 saturated carbocycles. The van der Waals surface area contributed by atoms with Crippen LogP contribution in [-0.2, 0) is 0 Å². The van der Waals surface area contributed by atoms with Crippen LogP contribution in [0.1, 0.15) is 43.0 Å². The molecule has 0 aliphatic rings. The summed E-state index contributed by atoms with van der Waals surface area (Å²) in [5, 5.41) is 3.72. The van der Waals surface area contributed by atoms with Crippen LogP contribution in [0.2, 0.25) is 15.1 Å². The summed E-state index contributed by atoms with van der Waals surface area (Å²) in [6.07, 6.45) is 4.62. The number of carbonyl (C=O) groups is 1. The summed E-state index contributed by atoms with van der Waals surface area (Å²) in [6, 6.07) is 10.0. The highest BCUT2D eigenvalue weighted by atomic mass is 35.5. The monoisotopic (exact) mass is 399 g/mol. The van der Waals surface area contributed by atoms with E-state index < -0.39 is 0 Å². The molecule has 0 aliphatic carbocycles. The number of anilines is 1. The van der Waals surface area contributed by atoms with Crippen LogP contribution in [-0.4, -0.2) is 12.5 Å². The zero-order valence-electron chi connectivity index (χ0n) is 14.0. The number of ether oxygens (including phenoxy) is 1. The van der Waals surface area contributed by atoms with Crippen molar-refractivity contribution in [2.75, 3.05) is 11.9 Å². The SMILES string of the molecule is CCCCCCOc1ccc(C(=O)Nc2cc(Cl)c(Cl)cc2Cl)cc1. The van der Waals surface area contributed by atoms with E-state index in [1.165, 1.54) is 31.4 Å². The van der Waals surface area contributed by atoms with Gasteiger partial charge in [-0.1, -0.05) is 61.0 Å². The topological polar surface area (TPSA) is 38.3 Å². The van der Waals surface area contributed by atoms with Crippen LogP contribution in [0, 0.1) is 0 Å². The first-order valence-corrected chi connectivity index (χ1v) is 9.33. The van der Waals surface area contributed by atoms with Gasteiger partial charge in [0.05, 0.1) is 27.4 Å². The first-order valence-electron chi connectivity index (χ1n) is 8.20. The van der Waals surface area contributed by atoms with E-state index in [1.807, 2.05) is 0 Å². The molecule has 0 heterocycles. The minimum Gasteiger partial charge on any atom is -0.494 e. The summed E-state index contributed by atoms with van der Waals surface area (Å²) in [5.74, 6) is 0.468. The Hall–Kier alpha value is -1.42. The number of rotatable bonds is 8. The average Bonchev–Trinajstić information content (AvgIpc) is 2.60. The Balaban J connectivity index is 1.93. The molecule has 1 amide bonds. The zero-order chi connectivity index (χ0) is 18.2. The molecule has 2 aromatic carbocycles. The van der Waals surface area contributed by atoms with E-state index >= 15 is 0 Å². The second-order valence-electron chi connectivity index (χ2n) is 5.63. The van der Waals surface area contributed by atoms with Crippen LogP contribution in [0.3, 0.4) is 0 Å². The van der Waals surface area contributed by atoms with Crippen molar-refractivity contribution in [3.63, 3.8) is 0 Å². The largest absolute Gasteiger partial charge is 0.494 e. The van der Waals surface area contributed by atoms with Gasteiger partial charge in [-0.3, -0.25) is 4.79 Å². The maximum atomic E-state index is 12.3. The molecule has 25 heavy (non-hydrogen) atoms. The lowest BCUT2D eigenvalue weighted by Crippen LogP contribution is -2.12. The van der Waals surface area contributed by atoms with Gasteiger partial charge in [-0.15, -0.1) is 0 Å². The van der Waals surface area contributed by atoms with Crippen LogP contribution >= 0.6 is 34.8 Å². The Morgan fingerprint density at radius 3 is 2.32 bits per heavy atom. The van der Waals surface area contributed by atoms with Gasteiger partial charge in [0.1, 0.15) is 5.75 Å². The lowest BCUT2D eigenvalue weighted by atomic mass is 10.2. The Bertz CT molecular complexity index is 717. The number of hydrogen-bond donors (Lipinski definition) is 1. The van der Waals surface area contributed by atoms with E-state index in [9.17, 15) is 4.79 Å². The third-order valence-electron chi connectivity index (χ3n) is 3.64. The average molecular weight is 401 g/mol. The van der Waals surface area contributed by atoms with E-state index in [1.54, 1.807) is 24.3 Å². The van der Waals surface area contributed by atoms with Crippen LogP contribution in [0.4, 0.5) is 5.69 Å². The van der Waals surface area contributed by atoms with Gasteiger partial charge in [-0.25, -0.2) is 0 Å². The highest BCUT2D eigenvalue weighted by Gasteiger charge is 2.11. The van der Waals surface area contributed by atoms with Crippen LogP contribution in [0.5, 0.6) is 5.75 Å². The van der Waals surface area contributed by atoms with Crippen molar-refractivity contribution < 1.29 is 9.53 Å². The smallest absolute Gasteiger partial charge is 0.255 e.